The third-order valence-corrected chi connectivity index (χ3v) is 4.62. The van der Waals surface area contributed by atoms with Crippen LogP contribution in [0.4, 0.5) is 11.6 Å². The molecule has 0 saturated carbocycles. The van der Waals surface area contributed by atoms with Crippen molar-refractivity contribution in [3.05, 3.63) is 41.7 Å². The highest BCUT2D eigenvalue weighted by Gasteiger charge is 2.21. The van der Waals surface area contributed by atoms with Crippen LogP contribution in [-0.4, -0.2) is 44.1 Å². The van der Waals surface area contributed by atoms with Crippen molar-refractivity contribution in [1.29, 1.82) is 0 Å². The second-order valence-electron chi connectivity index (χ2n) is 6.83. The molecule has 0 spiro atoms. The van der Waals surface area contributed by atoms with Crippen LogP contribution in [0.1, 0.15) is 6.92 Å². The molecule has 3 rings (SSSR count). The molecule has 0 aliphatic rings. The normalized spacial score (nSPS) is 12.9. The summed E-state index contributed by atoms with van der Waals surface area (Å²) in [5, 5.41) is 27.5. The molecule has 3 heterocycles. The maximum absolute atomic E-state index is 12.6. The topological polar surface area (TPSA) is 171 Å². The van der Waals surface area contributed by atoms with Gasteiger partial charge in [-0.2, -0.15) is 4.98 Å². The summed E-state index contributed by atoms with van der Waals surface area (Å²) in [6.45, 7) is 1.38. The van der Waals surface area contributed by atoms with E-state index in [1.807, 2.05) is 0 Å². The first-order chi connectivity index (χ1) is 14.0. The Kier molecular flexibility index (Phi) is 5.03. The Hall–Kier alpha value is -3.81. The lowest BCUT2D eigenvalue weighted by Gasteiger charge is -2.09. The third-order valence-electron chi connectivity index (χ3n) is 4.62. The van der Waals surface area contributed by atoms with Crippen LogP contribution in [0.3, 0.4) is 0 Å². The van der Waals surface area contributed by atoms with Gasteiger partial charge in [-0.25, -0.2) is 9.59 Å². The summed E-state index contributed by atoms with van der Waals surface area (Å²) in [4.78, 5) is 53.1. The number of aliphatic hydroxyl groups excluding tert-OH is 1. The minimum Gasteiger partial charge on any atom is -0.493 e. The molecule has 1 atom stereocenters. The summed E-state index contributed by atoms with van der Waals surface area (Å²) in [5.41, 5.74) is -3.40. The number of fused-ring (bicyclic) bond motifs is 1. The number of aryl methyl sites for hydroxylation is 1. The second-order valence-corrected chi connectivity index (χ2v) is 6.83. The van der Waals surface area contributed by atoms with Gasteiger partial charge in [-0.15, -0.1) is 10.2 Å². The van der Waals surface area contributed by atoms with Crippen molar-refractivity contribution in [1.82, 2.24) is 27.8 Å². The van der Waals surface area contributed by atoms with Crippen LogP contribution in [0.25, 0.3) is 11.2 Å². The minimum absolute atomic E-state index is 0.00651. The Balaban J connectivity index is 2.33. The average molecular weight is 420 g/mol. The monoisotopic (exact) mass is 420 g/mol. The Morgan fingerprint density at radius 2 is 1.47 bits per heavy atom. The molecule has 0 aliphatic carbocycles. The molecular weight excluding hydrogens is 400 g/mol. The number of aromatic hydroxyl groups is 1. The van der Waals surface area contributed by atoms with Crippen LogP contribution < -0.4 is 22.5 Å². The zero-order valence-corrected chi connectivity index (χ0v) is 16.9. The highest BCUT2D eigenvalue weighted by atomic mass is 16.3. The van der Waals surface area contributed by atoms with Gasteiger partial charge in [-0.05, 0) is 6.92 Å². The fourth-order valence-corrected chi connectivity index (χ4v) is 2.95. The minimum atomic E-state index is -0.905. The summed E-state index contributed by atoms with van der Waals surface area (Å²) >= 11 is 0. The van der Waals surface area contributed by atoms with E-state index in [-0.39, 0.29) is 23.7 Å². The second kappa shape index (κ2) is 7.22. The zero-order chi connectivity index (χ0) is 22.5. The summed E-state index contributed by atoms with van der Waals surface area (Å²) in [5.74, 6) is -0.882. The van der Waals surface area contributed by atoms with Crippen LogP contribution in [-0.2, 0) is 34.7 Å². The van der Waals surface area contributed by atoms with Gasteiger partial charge in [0.15, 0.2) is 11.2 Å². The summed E-state index contributed by atoms with van der Waals surface area (Å²) in [7, 11) is 5.18. The number of hydrogen-bond donors (Lipinski definition) is 2. The number of hydrogen-bond acceptors (Lipinski definition) is 9. The molecule has 3 aromatic rings. The fraction of sp³-hybridized carbons (Fsp3) is 0.438. The van der Waals surface area contributed by atoms with Gasteiger partial charge in [0, 0.05) is 28.2 Å². The predicted octanol–water partition coefficient (Wildman–Crippen LogP) is -1.67. The highest BCUT2D eigenvalue weighted by Crippen LogP contribution is 2.24. The van der Waals surface area contributed by atoms with Crippen molar-refractivity contribution in [2.45, 2.75) is 19.6 Å². The molecule has 0 aromatic carbocycles. The fourth-order valence-electron chi connectivity index (χ4n) is 2.95. The van der Waals surface area contributed by atoms with Crippen molar-refractivity contribution < 1.29 is 10.2 Å². The third kappa shape index (κ3) is 3.06. The van der Waals surface area contributed by atoms with Gasteiger partial charge in [-0.1, -0.05) is 0 Å². The molecule has 14 nitrogen and oxygen atoms in total. The number of nitrogens with zero attached hydrogens (tertiary/aromatic N) is 8. The molecular formula is C16H20N8O6. The van der Waals surface area contributed by atoms with E-state index in [2.05, 4.69) is 15.2 Å². The molecule has 160 valence electrons. The van der Waals surface area contributed by atoms with E-state index in [1.54, 1.807) is 0 Å². The number of aliphatic hydroxyl groups is 1. The van der Waals surface area contributed by atoms with Crippen LogP contribution in [0.5, 0.6) is 5.88 Å². The van der Waals surface area contributed by atoms with Crippen molar-refractivity contribution in [2.75, 3.05) is 0 Å². The number of azo groups is 1. The summed E-state index contributed by atoms with van der Waals surface area (Å²) in [6, 6.07) is 0. The maximum atomic E-state index is 12.6. The van der Waals surface area contributed by atoms with Crippen LogP contribution in [0.15, 0.2) is 29.4 Å². The molecule has 2 N–H and O–H groups in total. The van der Waals surface area contributed by atoms with Gasteiger partial charge in [0.2, 0.25) is 11.6 Å². The van der Waals surface area contributed by atoms with Gasteiger partial charge in [0.25, 0.3) is 17.1 Å². The quantitative estimate of drug-likeness (QED) is 0.475. The van der Waals surface area contributed by atoms with Crippen molar-refractivity contribution in [2.24, 2.45) is 38.4 Å². The Morgan fingerprint density at radius 3 is 2.07 bits per heavy atom. The first-order valence-corrected chi connectivity index (χ1v) is 8.72. The average Bonchev–Trinajstić information content (AvgIpc) is 3.05. The highest BCUT2D eigenvalue weighted by molar-refractivity contribution is 5.73. The van der Waals surface area contributed by atoms with E-state index in [0.717, 1.165) is 18.3 Å². The van der Waals surface area contributed by atoms with E-state index in [9.17, 15) is 29.4 Å². The Bertz CT molecular complexity index is 1430. The number of imidazole rings is 1. The zero-order valence-electron chi connectivity index (χ0n) is 16.9. The van der Waals surface area contributed by atoms with Gasteiger partial charge in [-0.3, -0.25) is 32.4 Å². The van der Waals surface area contributed by atoms with Crippen LogP contribution in [0.2, 0.25) is 0 Å². The molecule has 0 saturated heterocycles. The number of aromatic nitrogens is 6. The van der Waals surface area contributed by atoms with E-state index >= 15 is 0 Å². The molecule has 0 amide bonds. The largest absolute Gasteiger partial charge is 0.493 e. The number of rotatable bonds is 4. The van der Waals surface area contributed by atoms with Gasteiger partial charge in [0.05, 0.1) is 12.6 Å². The van der Waals surface area contributed by atoms with Crippen LogP contribution >= 0.6 is 0 Å². The molecule has 0 aliphatic heterocycles. The lowest BCUT2D eigenvalue weighted by Crippen LogP contribution is -2.37. The van der Waals surface area contributed by atoms with Crippen molar-refractivity contribution in [3.8, 4) is 5.88 Å². The van der Waals surface area contributed by atoms with E-state index < -0.39 is 40.2 Å². The smallest absolute Gasteiger partial charge is 0.333 e. The lowest BCUT2D eigenvalue weighted by molar-refractivity contribution is 0.175. The maximum Gasteiger partial charge on any atom is 0.333 e. The van der Waals surface area contributed by atoms with Crippen molar-refractivity contribution in [3.63, 3.8) is 0 Å². The Labute approximate surface area is 167 Å². The molecule has 0 bridgehead atoms. The summed E-state index contributed by atoms with van der Waals surface area (Å²) in [6.07, 6.45) is -0.905. The molecule has 0 radical (unpaired) electrons. The van der Waals surface area contributed by atoms with E-state index in [4.69, 9.17) is 0 Å². The molecule has 0 fully saturated rings. The molecule has 3 aromatic heterocycles. The van der Waals surface area contributed by atoms with Crippen molar-refractivity contribution >= 4 is 22.8 Å². The summed E-state index contributed by atoms with van der Waals surface area (Å²) < 4.78 is 4.84. The standard InChI is InChI=1S/C16H20N8O6/c1-7(25)6-24-9-10(20(2)15(29)23(5)13(9)28)17-14(24)19-18-8-11(26)21(3)16(30)22(4)12(8)27/h7,25-26H,6H2,1-5H3. The first-order valence-electron chi connectivity index (χ1n) is 8.72. The van der Waals surface area contributed by atoms with Crippen LogP contribution in [0, 0.1) is 0 Å². The van der Waals surface area contributed by atoms with E-state index in [0.29, 0.717) is 0 Å². The molecule has 1 unspecified atom stereocenters. The van der Waals surface area contributed by atoms with Gasteiger partial charge in [0.1, 0.15) is 0 Å². The Morgan fingerprint density at radius 1 is 0.900 bits per heavy atom. The predicted molar refractivity (Wildman–Crippen MR) is 105 cm³/mol. The molecule has 14 heteroatoms. The first kappa shape index (κ1) is 20.9. The van der Waals surface area contributed by atoms with E-state index in [1.165, 1.54) is 39.7 Å². The van der Waals surface area contributed by atoms with Gasteiger partial charge >= 0.3 is 11.4 Å². The van der Waals surface area contributed by atoms with Gasteiger partial charge < -0.3 is 10.2 Å². The molecule has 30 heavy (non-hydrogen) atoms. The SMILES string of the molecule is CC(O)Cn1c(N=Nc2c(O)n(C)c(=O)n(C)c2=O)nc2c1c(=O)n(C)c(=O)n2C. The lowest BCUT2D eigenvalue weighted by atomic mass is 10.4.